The number of hydrogen-bond donors (Lipinski definition) is 1. The highest BCUT2D eigenvalue weighted by molar-refractivity contribution is 6.10. The number of rotatable bonds is 3. The Balaban J connectivity index is 2.00. The number of ketones is 1. The number of benzene rings is 1. The number of aromatic amines is 1. The smallest absolute Gasteiger partial charge is 0.172 e. The first-order valence-corrected chi connectivity index (χ1v) is 6.27. The second-order valence-corrected chi connectivity index (χ2v) is 4.62. The second kappa shape index (κ2) is 4.69. The number of Topliss-reactive ketones (excluding diaryl/α,β-unsaturated/α-hetero) is 1. The summed E-state index contributed by atoms with van der Waals surface area (Å²) in [5.74, 6) is -0.0362. The summed E-state index contributed by atoms with van der Waals surface area (Å²) in [4.78, 5) is 19.8. The Morgan fingerprint density at radius 1 is 1.21 bits per heavy atom. The van der Waals surface area contributed by atoms with Gasteiger partial charge in [-0.05, 0) is 11.6 Å². The van der Waals surface area contributed by atoms with E-state index in [1.807, 2.05) is 43.3 Å². The molecule has 1 aromatic carbocycles. The number of nitrogens with one attached hydrogen (secondary N) is 1. The van der Waals surface area contributed by atoms with Gasteiger partial charge in [0.05, 0.1) is 0 Å². The molecule has 0 amide bonds. The molecule has 3 rings (SSSR count). The van der Waals surface area contributed by atoms with Gasteiger partial charge in [-0.1, -0.05) is 37.3 Å². The number of carbonyl (C=O) groups is 1. The van der Waals surface area contributed by atoms with Crippen LogP contribution < -0.4 is 0 Å². The van der Waals surface area contributed by atoms with Crippen LogP contribution in [0.5, 0.6) is 0 Å². The molecule has 1 atom stereocenters. The van der Waals surface area contributed by atoms with Crippen molar-refractivity contribution < 1.29 is 4.79 Å². The van der Waals surface area contributed by atoms with Crippen LogP contribution in [0.3, 0.4) is 0 Å². The van der Waals surface area contributed by atoms with Gasteiger partial charge in [0.1, 0.15) is 0 Å². The maximum absolute atomic E-state index is 12.6. The molecule has 0 fully saturated rings. The van der Waals surface area contributed by atoms with E-state index in [-0.39, 0.29) is 11.7 Å². The molecule has 0 saturated carbocycles. The first kappa shape index (κ1) is 11.7. The Kier molecular flexibility index (Phi) is 2.88. The monoisotopic (exact) mass is 250 g/mol. The highest BCUT2D eigenvalue weighted by Gasteiger charge is 2.19. The van der Waals surface area contributed by atoms with E-state index in [0.29, 0.717) is 5.56 Å². The first-order valence-electron chi connectivity index (χ1n) is 6.27. The quantitative estimate of drug-likeness (QED) is 0.722. The summed E-state index contributed by atoms with van der Waals surface area (Å²) in [7, 11) is 0. The normalized spacial score (nSPS) is 12.5. The molecule has 2 heterocycles. The van der Waals surface area contributed by atoms with Crippen molar-refractivity contribution in [2.75, 3.05) is 0 Å². The van der Waals surface area contributed by atoms with E-state index >= 15 is 0 Å². The van der Waals surface area contributed by atoms with Gasteiger partial charge >= 0.3 is 0 Å². The van der Waals surface area contributed by atoms with Gasteiger partial charge in [0.25, 0.3) is 0 Å². The van der Waals surface area contributed by atoms with Crippen LogP contribution in [0.2, 0.25) is 0 Å². The highest BCUT2D eigenvalue weighted by atomic mass is 16.1. The fourth-order valence-electron chi connectivity index (χ4n) is 2.29. The summed E-state index contributed by atoms with van der Waals surface area (Å²) >= 11 is 0. The van der Waals surface area contributed by atoms with Gasteiger partial charge in [-0.3, -0.25) is 9.78 Å². The number of pyridine rings is 1. The van der Waals surface area contributed by atoms with Crippen LogP contribution in [0.25, 0.3) is 10.9 Å². The van der Waals surface area contributed by atoms with E-state index < -0.39 is 0 Å². The third-order valence-corrected chi connectivity index (χ3v) is 3.44. The second-order valence-electron chi connectivity index (χ2n) is 4.62. The number of fused-ring (bicyclic) bond motifs is 1. The molecule has 0 aliphatic heterocycles. The minimum Gasteiger partial charge on any atom is -0.360 e. The zero-order valence-electron chi connectivity index (χ0n) is 10.6. The predicted octanol–water partition coefficient (Wildman–Crippen LogP) is 3.55. The van der Waals surface area contributed by atoms with Crippen molar-refractivity contribution in [3.05, 3.63) is 66.1 Å². The van der Waals surface area contributed by atoms with Crippen LogP contribution in [0.15, 0.2) is 55.0 Å². The van der Waals surface area contributed by atoms with Crippen LogP contribution >= 0.6 is 0 Å². The standard InChI is InChI=1S/C16H14N2O/c1-11(12-5-3-2-4-6-12)16(19)14-10-18-15-7-8-17-9-13(14)15/h2-11,18H,1H3. The summed E-state index contributed by atoms with van der Waals surface area (Å²) in [5, 5.41) is 0.885. The molecule has 0 spiro atoms. The molecule has 3 aromatic rings. The summed E-state index contributed by atoms with van der Waals surface area (Å²) in [6, 6.07) is 11.7. The molecule has 94 valence electrons. The molecular weight excluding hydrogens is 236 g/mol. The van der Waals surface area contributed by atoms with Gasteiger partial charge in [-0.2, -0.15) is 0 Å². The third-order valence-electron chi connectivity index (χ3n) is 3.44. The van der Waals surface area contributed by atoms with E-state index in [9.17, 15) is 4.79 Å². The lowest BCUT2D eigenvalue weighted by Crippen LogP contribution is -2.09. The molecule has 19 heavy (non-hydrogen) atoms. The Bertz CT molecular complexity index is 716. The summed E-state index contributed by atoms with van der Waals surface area (Å²) in [5.41, 5.74) is 2.68. The van der Waals surface area contributed by atoms with Gasteiger partial charge in [0.15, 0.2) is 5.78 Å². The number of nitrogens with zero attached hydrogens (tertiary/aromatic N) is 1. The molecule has 0 radical (unpaired) electrons. The molecule has 2 aromatic heterocycles. The van der Waals surface area contributed by atoms with Crippen molar-refractivity contribution >= 4 is 16.7 Å². The zero-order valence-corrected chi connectivity index (χ0v) is 10.6. The number of hydrogen-bond acceptors (Lipinski definition) is 2. The minimum atomic E-state index is -0.152. The van der Waals surface area contributed by atoms with Gasteiger partial charge < -0.3 is 4.98 Å². The predicted molar refractivity (Wildman–Crippen MR) is 75.3 cm³/mol. The SMILES string of the molecule is CC(C(=O)c1c[nH]c2ccncc12)c1ccccc1. The van der Waals surface area contributed by atoms with Crippen molar-refractivity contribution in [3.63, 3.8) is 0 Å². The van der Waals surface area contributed by atoms with Gasteiger partial charge in [-0.15, -0.1) is 0 Å². The molecule has 3 nitrogen and oxygen atoms in total. The first-order chi connectivity index (χ1) is 9.27. The Labute approximate surface area is 111 Å². The largest absolute Gasteiger partial charge is 0.360 e. The Morgan fingerprint density at radius 2 is 2.00 bits per heavy atom. The number of carbonyl (C=O) groups excluding carboxylic acids is 1. The molecule has 0 bridgehead atoms. The number of aromatic nitrogens is 2. The Hall–Kier alpha value is -2.42. The van der Waals surface area contributed by atoms with E-state index in [0.717, 1.165) is 16.5 Å². The third kappa shape index (κ3) is 2.03. The molecule has 1 N–H and O–H groups in total. The lowest BCUT2D eigenvalue weighted by Gasteiger charge is -2.09. The fourth-order valence-corrected chi connectivity index (χ4v) is 2.29. The lowest BCUT2D eigenvalue weighted by molar-refractivity contribution is 0.0968. The summed E-state index contributed by atoms with van der Waals surface area (Å²) < 4.78 is 0. The van der Waals surface area contributed by atoms with Crippen LogP contribution in [-0.2, 0) is 0 Å². The molecule has 3 heteroatoms. The lowest BCUT2D eigenvalue weighted by atomic mass is 9.92. The molecule has 0 saturated heterocycles. The van der Waals surface area contributed by atoms with E-state index in [1.54, 1.807) is 18.6 Å². The van der Waals surface area contributed by atoms with E-state index in [4.69, 9.17) is 0 Å². The van der Waals surface area contributed by atoms with Crippen molar-refractivity contribution in [2.45, 2.75) is 12.8 Å². The zero-order chi connectivity index (χ0) is 13.2. The molecule has 0 aliphatic rings. The Morgan fingerprint density at radius 3 is 2.79 bits per heavy atom. The molecule has 0 aliphatic carbocycles. The van der Waals surface area contributed by atoms with Gasteiger partial charge in [-0.25, -0.2) is 0 Å². The van der Waals surface area contributed by atoms with Crippen molar-refractivity contribution in [2.24, 2.45) is 0 Å². The topological polar surface area (TPSA) is 45.8 Å². The highest BCUT2D eigenvalue weighted by Crippen LogP contribution is 2.25. The average molecular weight is 250 g/mol. The van der Waals surface area contributed by atoms with E-state index in [2.05, 4.69) is 9.97 Å². The van der Waals surface area contributed by atoms with Crippen LogP contribution in [0.4, 0.5) is 0 Å². The summed E-state index contributed by atoms with van der Waals surface area (Å²) in [6.07, 6.45) is 5.22. The minimum absolute atomic E-state index is 0.116. The van der Waals surface area contributed by atoms with Gasteiger partial charge in [0.2, 0.25) is 0 Å². The van der Waals surface area contributed by atoms with Crippen LogP contribution in [0, 0.1) is 0 Å². The molecular formula is C16H14N2O. The van der Waals surface area contributed by atoms with E-state index in [1.165, 1.54) is 0 Å². The maximum Gasteiger partial charge on any atom is 0.172 e. The molecule has 1 unspecified atom stereocenters. The number of H-pyrrole nitrogens is 1. The fraction of sp³-hybridized carbons (Fsp3) is 0.125. The average Bonchev–Trinajstić information content (AvgIpc) is 2.90. The van der Waals surface area contributed by atoms with Crippen molar-refractivity contribution in [1.82, 2.24) is 9.97 Å². The summed E-state index contributed by atoms with van der Waals surface area (Å²) in [6.45, 7) is 1.94. The van der Waals surface area contributed by atoms with Crippen molar-refractivity contribution in [1.29, 1.82) is 0 Å². The van der Waals surface area contributed by atoms with Gasteiger partial charge in [0, 0.05) is 41.0 Å². The van der Waals surface area contributed by atoms with Crippen molar-refractivity contribution in [3.8, 4) is 0 Å². The maximum atomic E-state index is 12.6. The van der Waals surface area contributed by atoms with Crippen LogP contribution in [0.1, 0.15) is 28.8 Å². The van der Waals surface area contributed by atoms with Crippen LogP contribution in [-0.4, -0.2) is 15.8 Å².